The van der Waals surface area contributed by atoms with Gasteiger partial charge in [0.1, 0.15) is 6.04 Å². The molecule has 0 aliphatic carbocycles. The fourth-order valence-corrected chi connectivity index (χ4v) is 6.12. The van der Waals surface area contributed by atoms with Gasteiger partial charge in [0.25, 0.3) is 0 Å². The van der Waals surface area contributed by atoms with E-state index < -0.39 is 12.1 Å². The van der Waals surface area contributed by atoms with Gasteiger partial charge in [-0.15, -0.1) is 0 Å². The highest BCUT2D eigenvalue weighted by Gasteiger charge is 2.36. The van der Waals surface area contributed by atoms with E-state index in [0.29, 0.717) is 63.7 Å². The third kappa shape index (κ3) is 7.67. The topological polar surface area (TPSA) is 85.0 Å². The second-order valence-corrected chi connectivity index (χ2v) is 11.8. The largest absolute Gasteiger partial charge is 0.343 e. The van der Waals surface area contributed by atoms with Crippen molar-refractivity contribution in [3.8, 4) is 0 Å². The van der Waals surface area contributed by atoms with Crippen molar-refractivity contribution >= 4 is 29.3 Å². The highest BCUT2D eigenvalue weighted by atomic mass is 35.5. The molecule has 0 aromatic heterocycles. The Morgan fingerprint density at radius 1 is 0.976 bits per heavy atom. The number of halogens is 1. The van der Waals surface area contributed by atoms with Gasteiger partial charge in [0.15, 0.2) is 0 Å². The molecular formula is C32H44ClN5O3. The van der Waals surface area contributed by atoms with Gasteiger partial charge in [0.05, 0.1) is 12.1 Å². The zero-order valence-electron chi connectivity index (χ0n) is 24.7. The molecular weight excluding hydrogens is 538 g/mol. The van der Waals surface area contributed by atoms with E-state index in [1.807, 2.05) is 47.9 Å². The molecule has 2 aromatic rings. The third-order valence-electron chi connectivity index (χ3n) is 8.34. The van der Waals surface area contributed by atoms with Crippen LogP contribution >= 0.6 is 11.6 Å². The van der Waals surface area contributed by atoms with Gasteiger partial charge in [0.2, 0.25) is 17.7 Å². The number of carbonyl (C=O) groups excluding carboxylic acids is 3. The highest BCUT2D eigenvalue weighted by Crippen LogP contribution is 2.20. The first kappa shape index (κ1) is 31.0. The minimum atomic E-state index is -0.701. The van der Waals surface area contributed by atoms with Crippen LogP contribution in [-0.2, 0) is 33.8 Å². The molecule has 0 bridgehead atoms. The normalized spacial score (nSPS) is 18.9. The maximum Gasteiger partial charge on any atom is 0.245 e. The summed E-state index contributed by atoms with van der Waals surface area (Å²) in [5.74, 6) is 0.0464. The van der Waals surface area contributed by atoms with Crippen molar-refractivity contribution in [1.29, 1.82) is 0 Å². The number of fused-ring (bicyclic) bond motifs is 1. The second-order valence-electron chi connectivity index (χ2n) is 11.4. The molecule has 2 aromatic carbocycles. The molecule has 222 valence electrons. The summed E-state index contributed by atoms with van der Waals surface area (Å²) in [4.78, 5) is 46.6. The Kier molecular flexibility index (Phi) is 10.8. The van der Waals surface area contributed by atoms with E-state index in [-0.39, 0.29) is 29.7 Å². The summed E-state index contributed by atoms with van der Waals surface area (Å²) < 4.78 is 0. The zero-order chi connectivity index (χ0) is 29.5. The molecule has 1 unspecified atom stereocenters. The Hall–Kier alpha value is -2.94. The minimum absolute atomic E-state index is 0.0969. The van der Waals surface area contributed by atoms with Gasteiger partial charge in [-0.2, -0.15) is 0 Å². The quantitative estimate of drug-likeness (QED) is 0.450. The van der Waals surface area contributed by atoms with Crippen molar-refractivity contribution in [2.45, 2.75) is 65.2 Å². The van der Waals surface area contributed by atoms with Gasteiger partial charge in [0, 0.05) is 57.3 Å². The fourth-order valence-electron chi connectivity index (χ4n) is 5.99. The number of hydrogen-bond acceptors (Lipinski definition) is 5. The van der Waals surface area contributed by atoms with Crippen LogP contribution in [0.2, 0.25) is 5.02 Å². The van der Waals surface area contributed by atoms with Gasteiger partial charge in [-0.3, -0.25) is 19.3 Å². The van der Waals surface area contributed by atoms with Crippen molar-refractivity contribution in [2.24, 2.45) is 5.92 Å². The Labute approximate surface area is 249 Å². The minimum Gasteiger partial charge on any atom is -0.343 e. The zero-order valence-corrected chi connectivity index (χ0v) is 25.5. The first-order valence-electron chi connectivity index (χ1n) is 14.9. The van der Waals surface area contributed by atoms with Gasteiger partial charge >= 0.3 is 0 Å². The molecule has 4 rings (SSSR count). The van der Waals surface area contributed by atoms with Crippen molar-refractivity contribution in [1.82, 2.24) is 25.3 Å². The maximum absolute atomic E-state index is 13.9. The summed E-state index contributed by atoms with van der Waals surface area (Å²) >= 11 is 6.10. The summed E-state index contributed by atoms with van der Waals surface area (Å²) in [6.45, 7) is 12.4. The molecule has 0 saturated carbocycles. The van der Waals surface area contributed by atoms with Crippen molar-refractivity contribution in [3.63, 3.8) is 0 Å². The summed E-state index contributed by atoms with van der Waals surface area (Å²) in [6.07, 6.45) is 0.958. The molecule has 2 aliphatic rings. The van der Waals surface area contributed by atoms with Crippen LogP contribution in [0.25, 0.3) is 0 Å². The number of rotatable bonds is 10. The Bertz CT molecular complexity index is 1190. The number of carbonyl (C=O) groups is 3. The van der Waals surface area contributed by atoms with Crippen LogP contribution < -0.4 is 10.6 Å². The summed E-state index contributed by atoms with van der Waals surface area (Å²) in [7, 11) is 0. The third-order valence-corrected chi connectivity index (χ3v) is 8.60. The molecule has 3 atom stereocenters. The van der Waals surface area contributed by atoms with Gasteiger partial charge in [-0.05, 0) is 55.0 Å². The summed E-state index contributed by atoms with van der Waals surface area (Å²) in [6, 6.07) is 14.2. The predicted octanol–water partition coefficient (Wildman–Crippen LogP) is 3.12. The molecule has 2 heterocycles. The number of hydrogen-bond donors (Lipinski definition) is 2. The number of likely N-dealkylation sites (N-methyl/N-ethyl adjacent to an activating group) is 1. The van der Waals surface area contributed by atoms with Crippen LogP contribution in [-0.4, -0.2) is 89.8 Å². The highest BCUT2D eigenvalue weighted by molar-refractivity contribution is 6.30. The van der Waals surface area contributed by atoms with Crippen LogP contribution in [0.3, 0.4) is 0 Å². The second kappa shape index (κ2) is 14.3. The fraction of sp³-hybridized carbons (Fsp3) is 0.531. The van der Waals surface area contributed by atoms with E-state index in [4.69, 9.17) is 11.6 Å². The lowest BCUT2D eigenvalue weighted by Gasteiger charge is -2.42. The molecule has 2 N–H and O–H groups in total. The average molecular weight is 582 g/mol. The van der Waals surface area contributed by atoms with Crippen LogP contribution in [0, 0.1) is 5.92 Å². The van der Waals surface area contributed by atoms with Crippen LogP contribution in [0.1, 0.15) is 44.4 Å². The molecule has 0 radical (unpaired) electrons. The van der Waals surface area contributed by atoms with E-state index in [9.17, 15) is 14.4 Å². The first-order chi connectivity index (χ1) is 19.7. The predicted molar refractivity (Wildman–Crippen MR) is 163 cm³/mol. The monoisotopic (exact) mass is 581 g/mol. The van der Waals surface area contributed by atoms with E-state index in [0.717, 1.165) is 11.1 Å². The lowest BCUT2D eigenvalue weighted by atomic mass is 9.95. The van der Waals surface area contributed by atoms with Gasteiger partial charge in [-0.25, -0.2) is 0 Å². The van der Waals surface area contributed by atoms with Crippen LogP contribution in [0.5, 0.6) is 0 Å². The number of piperazine rings is 1. The van der Waals surface area contributed by atoms with Crippen molar-refractivity contribution in [3.05, 3.63) is 70.2 Å². The van der Waals surface area contributed by atoms with Crippen molar-refractivity contribution < 1.29 is 14.4 Å². The van der Waals surface area contributed by atoms with Crippen LogP contribution in [0.4, 0.5) is 0 Å². The number of nitrogens with one attached hydrogen (secondary N) is 2. The van der Waals surface area contributed by atoms with E-state index >= 15 is 0 Å². The summed E-state index contributed by atoms with van der Waals surface area (Å²) in [5.41, 5.74) is 3.28. The molecule has 41 heavy (non-hydrogen) atoms. The van der Waals surface area contributed by atoms with E-state index in [2.05, 4.69) is 41.5 Å². The van der Waals surface area contributed by atoms with Gasteiger partial charge in [-0.1, -0.05) is 61.8 Å². The Balaban J connectivity index is 1.45. The number of benzene rings is 2. The number of nitrogens with zero attached hydrogens (tertiary/aromatic N) is 3. The first-order valence-corrected chi connectivity index (χ1v) is 15.3. The standard InChI is InChI=1S/C32H44ClN5O3/c1-5-36(6-2)32(41)29(22(3)4)37-15-17-38(18-16-37)31(40)28(19-23-11-13-26(33)14-12-23)35-30(39)27-20-24-9-7-8-10-25(24)21-34-27/h7-14,22,27-29,34H,5-6,15-21H2,1-4H3,(H,35,39)/t27-,28-,29?/m1/s1. The average Bonchev–Trinajstić information content (AvgIpc) is 2.98. The number of amides is 3. The Morgan fingerprint density at radius 2 is 1.61 bits per heavy atom. The lowest BCUT2D eigenvalue weighted by molar-refractivity contribution is -0.142. The van der Waals surface area contributed by atoms with Gasteiger partial charge < -0.3 is 20.4 Å². The smallest absolute Gasteiger partial charge is 0.245 e. The van der Waals surface area contributed by atoms with E-state index in [1.165, 1.54) is 5.56 Å². The molecule has 9 heteroatoms. The molecule has 8 nitrogen and oxygen atoms in total. The molecule has 3 amide bonds. The van der Waals surface area contributed by atoms with Crippen LogP contribution in [0.15, 0.2) is 48.5 Å². The van der Waals surface area contributed by atoms with E-state index in [1.54, 1.807) is 12.1 Å². The SMILES string of the molecule is CCN(CC)C(=O)C(C(C)C)N1CCN(C(=O)[C@@H](Cc2ccc(Cl)cc2)NC(=O)[C@H]2Cc3ccccc3CN2)CC1. The molecule has 1 saturated heterocycles. The molecule has 1 fully saturated rings. The Morgan fingerprint density at radius 3 is 2.22 bits per heavy atom. The lowest BCUT2D eigenvalue weighted by Crippen LogP contribution is -2.61. The maximum atomic E-state index is 13.9. The summed E-state index contributed by atoms with van der Waals surface area (Å²) in [5, 5.41) is 7.04. The molecule has 2 aliphatic heterocycles. The molecule has 0 spiro atoms. The van der Waals surface area contributed by atoms with Crippen molar-refractivity contribution in [2.75, 3.05) is 39.3 Å².